The van der Waals surface area contributed by atoms with Gasteiger partial charge in [0.25, 0.3) is 0 Å². The van der Waals surface area contributed by atoms with Crippen molar-refractivity contribution in [2.75, 3.05) is 11.4 Å². The summed E-state index contributed by atoms with van der Waals surface area (Å²) in [5.74, 6) is 0.638. The smallest absolute Gasteiger partial charge is 0.249 e. The van der Waals surface area contributed by atoms with E-state index < -0.39 is 6.04 Å². The predicted molar refractivity (Wildman–Crippen MR) is 69.1 cm³/mol. The molecule has 6 nitrogen and oxygen atoms in total. The number of nitrogens with one attached hydrogen (secondary N) is 1. The number of aromatic nitrogens is 2. The fourth-order valence-electron chi connectivity index (χ4n) is 1.75. The average Bonchev–Trinajstić information content (AvgIpc) is 2.32. The Bertz CT molecular complexity index is 506. The van der Waals surface area contributed by atoms with Crippen LogP contribution in [-0.2, 0) is 16.0 Å². The van der Waals surface area contributed by atoms with Crippen molar-refractivity contribution in [3.8, 4) is 0 Å². The van der Waals surface area contributed by atoms with Crippen LogP contribution in [0.5, 0.6) is 0 Å². The second-order valence-electron chi connectivity index (χ2n) is 4.03. The molecule has 2 amide bonds. The molecule has 0 aliphatic carbocycles. The van der Waals surface area contributed by atoms with Gasteiger partial charge in [0.2, 0.25) is 11.8 Å². The molecule has 1 saturated heterocycles. The Morgan fingerprint density at radius 2 is 2.22 bits per heavy atom. The number of rotatable bonds is 2. The van der Waals surface area contributed by atoms with Crippen molar-refractivity contribution < 1.29 is 9.59 Å². The lowest BCUT2D eigenvalue weighted by molar-refractivity contribution is -0.132. The number of piperazine rings is 1. The molecule has 2 heterocycles. The molecule has 7 heteroatoms. The third kappa shape index (κ3) is 2.50. The maximum absolute atomic E-state index is 11.6. The third-order valence-corrected chi connectivity index (χ3v) is 3.17. The van der Waals surface area contributed by atoms with Crippen LogP contribution >= 0.6 is 15.9 Å². The molecule has 1 atom stereocenters. The minimum atomic E-state index is -0.422. The number of hydrogen-bond donors (Lipinski definition) is 1. The molecule has 0 bridgehead atoms. The summed E-state index contributed by atoms with van der Waals surface area (Å²) in [5, 5.41) is 2.30. The molecule has 1 aliphatic heterocycles. The van der Waals surface area contributed by atoms with Crippen LogP contribution < -0.4 is 10.2 Å². The summed E-state index contributed by atoms with van der Waals surface area (Å²) >= 11 is 3.31. The van der Waals surface area contributed by atoms with E-state index in [1.807, 2.05) is 6.92 Å². The van der Waals surface area contributed by atoms with Crippen molar-refractivity contribution in [3.05, 3.63) is 16.5 Å². The van der Waals surface area contributed by atoms with Crippen molar-refractivity contribution in [2.45, 2.75) is 26.3 Å². The predicted octanol–water partition coefficient (Wildman–Crippen LogP) is 0.653. The average molecular weight is 313 g/mol. The van der Waals surface area contributed by atoms with Crippen molar-refractivity contribution in [3.63, 3.8) is 0 Å². The normalized spacial score (nSPS) is 19.9. The Morgan fingerprint density at radius 3 is 2.89 bits per heavy atom. The molecule has 1 unspecified atom stereocenters. The number of imide groups is 1. The number of anilines is 1. The van der Waals surface area contributed by atoms with Crippen LogP contribution in [-0.4, -0.2) is 34.4 Å². The molecular weight excluding hydrogens is 300 g/mol. The Morgan fingerprint density at radius 1 is 1.50 bits per heavy atom. The van der Waals surface area contributed by atoms with Gasteiger partial charge in [0.05, 0.1) is 6.54 Å². The van der Waals surface area contributed by atoms with Crippen molar-refractivity contribution >= 4 is 33.6 Å². The molecule has 2 rings (SSSR count). The lowest BCUT2D eigenvalue weighted by atomic mass is 10.2. The van der Waals surface area contributed by atoms with E-state index in [1.165, 1.54) is 0 Å². The standard InChI is InChI=1S/C11H13BrN4O2/c1-3-8-13-7(12)4-9(14-8)16-5-10(17)15-11(18)6(16)2/h4,6H,3,5H2,1-2H3,(H,15,17,18). The van der Waals surface area contributed by atoms with Gasteiger partial charge < -0.3 is 4.90 Å². The van der Waals surface area contributed by atoms with Gasteiger partial charge >= 0.3 is 0 Å². The molecule has 1 N–H and O–H groups in total. The van der Waals surface area contributed by atoms with E-state index in [2.05, 4.69) is 31.2 Å². The molecule has 96 valence electrons. The van der Waals surface area contributed by atoms with Crippen LogP contribution in [0.2, 0.25) is 0 Å². The summed E-state index contributed by atoms with van der Waals surface area (Å²) in [7, 11) is 0. The van der Waals surface area contributed by atoms with Crippen LogP contribution in [0.15, 0.2) is 10.7 Å². The Labute approximate surface area is 113 Å². The topological polar surface area (TPSA) is 75.2 Å². The zero-order valence-corrected chi connectivity index (χ0v) is 11.7. The van der Waals surface area contributed by atoms with Crippen LogP contribution in [0.1, 0.15) is 19.7 Å². The fraction of sp³-hybridized carbons (Fsp3) is 0.455. The van der Waals surface area contributed by atoms with Crippen LogP contribution in [0.3, 0.4) is 0 Å². The lowest BCUT2D eigenvalue weighted by Gasteiger charge is -2.32. The van der Waals surface area contributed by atoms with Gasteiger partial charge in [-0.05, 0) is 22.9 Å². The van der Waals surface area contributed by atoms with Crippen LogP contribution in [0.4, 0.5) is 5.82 Å². The van der Waals surface area contributed by atoms with Gasteiger partial charge in [0.1, 0.15) is 22.3 Å². The fourth-order valence-corrected chi connectivity index (χ4v) is 2.16. The summed E-state index contributed by atoms with van der Waals surface area (Å²) in [6.45, 7) is 3.81. The van der Waals surface area contributed by atoms with Gasteiger partial charge in [-0.25, -0.2) is 9.97 Å². The first kappa shape index (κ1) is 12.9. The molecule has 1 aromatic rings. The monoisotopic (exact) mass is 312 g/mol. The first-order valence-corrected chi connectivity index (χ1v) is 6.44. The number of nitrogens with zero attached hydrogens (tertiary/aromatic N) is 3. The number of amides is 2. The first-order valence-electron chi connectivity index (χ1n) is 5.65. The summed E-state index contributed by atoms with van der Waals surface area (Å²) < 4.78 is 0.648. The summed E-state index contributed by atoms with van der Waals surface area (Å²) in [6.07, 6.45) is 0.689. The Balaban J connectivity index is 2.37. The zero-order chi connectivity index (χ0) is 13.3. The van der Waals surface area contributed by atoms with E-state index in [0.717, 1.165) is 0 Å². The summed E-state index contributed by atoms with van der Waals surface area (Å²) in [5.41, 5.74) is 0. The highest BCUT2D eigenvalue weighted by atomic mass is 79.9. The third-order valence-electron chi connectivity index (χ3n) is 2.76. The minimum absolute atomic E-state index is 0.125. The molecule has 1 fully saturated rings. The number of hydrogen-bond acceptors (Lipinski definition) is 5. The van der Waals surface area contributed by atoms with Gasteiger partial charge in [0.15, 0.2) is 0 Å². The molecule has 1 aliphatic rings. The van der Waals surface area contributed by atoms with Gasteiger partial charge in [-0.2, -0.15) is 0 Å². The zero-order valence-electron chi connectivity index (χ0n) is 10.1. The van der Waals surface area contributed by atoms with Gasteiger partial charge in [-0.1, -0.05) is 6.92 Å². The van der Waals surface area contributed by atoms with Gasteiger partial charge in [-0.3, -0.25) is 14.9 Å². The SMILES string of the molecule is CCc1nc(Br)cc(N2CC(=O)NC(=O)C2C)n1. The Hall–Kier alpha value is -1.50. The molecule has 0 spiro atoms. The summed E-state index contributed by atoms with van der Waals surface area (Å²) in [4.78, 5) is 33.2. The van der Waals surface area contributed by atoms with E-state index in [1.54, 1.807) is 17.9 Å². The second-order valence-corrected chi connectivity index (χ2v) is 4.85. The number of carbonyl (C=O) groups is 2. The Kier molecular flexibility index (Phi) is 3.60. The first-order chi connectivity index (χ1) is 8.51. The van der Waals surface area contributed by atoms with Gasteiger partial charge in [0, 0.05) is 12.5 Å². The van der Waals surface area contributed by atoms with Gasteiger partial charge in [-0.15, -0.1) is 0 Å². The second kappa shape index (κ2) is 5.01. The quantitative estimate of drug-likeness (QED) is 0.641. The maximum atomic E-state index is 11.6. The number of aryl methyl sites for hydroxylation is 1. The minimum Gasteiger partial charge on any atom is -0.335 e. The van der Waals surface area contributed by atoms with E-state index in [-0.39, 0.29) is 18.4 Å². The number of carbonyl (C=O) groups excluding carboxylic acids is 2. The molecule has 0 saturated carbocycles. The van der Waals surface area contributed by atoms with E-state index in [0.29, 0.717) is 22.7 Å². The van der Waals surface area contributed by atoms with E-state index >= 15 is 0 Å². The van der Waals surface area contributed by atoms with Crippen LogP contribution in [0, 0.1) is 0 Å². The number of halogens is 1. The molecule has 1 aromatic heterocycles. The highest BCUT2D eigenvalue weighted by molar-refractivity contribution is 9.10. The van der Waals surface area contributed by atoms with Crippen molar-refractivity contribution in [2.24, 2.45) is 0 Å². The van der Waals surface area contributed by atoms with Crippen LogP contribution in [0.25, 0.3) is 0 Å². The van der Waals surface area contributed by atoms with Crippen molar-refractivity contribution in [1.29, 1.82) is 0 Å². The van der Waals surface area contributed by atoms with E-state index in [4.69, 9.17) is 0 Å². The van der Waals surface area contributed by atoms with Crippen molar-refractivity contribution in [1.82, 2.24) is 15.3 Å². The highest BCUT2D eigenvalue weighted by Crippen LogP contribution is 2.20. The maximum Gasteiger partial charge on any atom is 0.249 e. The molecule has 0 radical (unpaired) electrons. The highest BCUT2D eigenvalue weighted by Gasteiger charge is 2.31. The largest absolute Gasteiger partial charge is 0.335 e. The lowest BCUT2D eigenvalue weighted by Crippen LogP contribution is -2.57. The molecule has 0 aromatic carbocycles. The molecule has 18 heavy (non-hydrogen) atoms. The molecular formula is C11H13BrN4O2. The summed E-state index contributed by atoms with van der Waals surface area (Å²) in [6, 6.07) is 1.29. The van der Waals surface area contributed by atoms with E-state index in [9.17, 15) is 9.59 Å².